The van der Waals surface area contributed by atoms with Crippen LogP contribution < -0.4 is 19.5 Å². The molecule has 160 valence electrons. The zero-order valence-corrected chi connectivity index (χ0v) is 17.9. The summed E-state index contributed by atoms with van der Waals surface area (Å²) in [6.45, 7) is 3.02. The number of piperidine rings is 1. The predicted molar refractivity (Wildman–Crippen MR) is 114 cm³/mol. The lowest BCUT2D eigenvalue weighted by atomic mass is 10.0. The van der Waals surface area contributed by atoms with Crippen molar-refractivity contribution in [1.29, 1.82) is 0 Å². The van der Waals surface area contributed by atoms with E-state index >= 15 is 0 Å². The van der Waals surface area contributed by atoms with Crippen LogP contribution in [0.3, 0.4) is 0 Å². The number of benzene rings is 2. The first-order valence-corrected chi connectivity index (χ1v) is 9.94. The predicted octanol–water partition coefficient (Wildman–Crippen LogP) is 3.06. The van der Waals surface area contributed by atoms with Crippen LogP contribution in [-0.2, 0) is 0 Å². The molecule has 7 heteroatoms. The Morgan fingerprint density at radius 1 is 0.900 bits per heavy atom. The van der Waals surface area contributed by atoms with E-state index in [0.717, 1.165) is 5.56 Å². The third-order valence-electron chi connectivity index (χ3n) is 5.44. The second-order valence-electron chi connectivity index (χ2n) is 7.24. The van der Waals surface area contributed by atoms with Gasteiger partial charge < -0.3 is 24.4 Å². The number of rotatable bonds is 6. The number of hydrogen-bond donors (Lipinski definition) is 1. The first kappa shape index (κ1) is 21.5. The maximum absolute atomic E-state index is 13.1. The van der Waals surface area contributed by atoms with Gasteiger partial charge in [0.05, 0.1) is 26.9 Å². The van der Waals surface area contributed by atoms with Crippen molar-refractivity contribution in [3.8, 4) is 17.2 Å². The zero-order chi connectivity index (χ0) is 21.7. The van der Waals surface area contributed by atoms with E-state index < -0.39 is 0 Å². The summed E-state index contributed by atoms with van der Waals surface area (Å²) in [6, 6.07) is 10.9. The summed E-state index contributed by atoms with van der Waals surface area (Å²) >= 11 is 0. The van der Waals surface area contributed by atoms with E-state index in [2.05, 4.69) is 5.32 Å². The van der Waals surface area contributed by atoms with Crippen LogP contribution in [0.4, 0.5) is 0 Å². The smallest absolute Gasteiger partial charge is 0.257 e. The fourth-order valence-corrected chi connectivity index (χ4v) is 3.76. The van der Waals surface area contributed by atoms with E-state index in [1.807, 2.05) is 31.2 Å². The number of carbonyl (C=O) groups excluding carboxylic acids is 2. The molecular weight excluding hydrogens is 384 g/mol. The molecular formula is C23H28N2O5. The van der Waals surface area contributed by atoms with Gasteiger partial charge in [0, 0.05) is 24.7 Å². The molecule has 1 fully saturated rings. The molecule has 0 unspecified atom stereocenters. The molecule has 0 spiro atoms. The molecule has 0 bridgehead atoms. The second kappa shape index (κ2) is 9.52. The van der Waals surface area contributed by atoms with Crippen molar-refractivity contribution in [2.24, 2.45) is 0 Å². The number of amides is 2. The van der Waals surface area contributed by atoms with Crippen LogP contribution in [0, 0.1) is 6.92 Å². The van der Waals surface area contributed by atoms with Gasteiger partial charge in [0.15, 0.2) is 11.5 Å². The monoisotopic (exact) mass is 412 g/mol. The van der Waals surface area contributed by atoms with Crippen molar-refractivity contribution in [3.05, 3.63) is 53.1 Å². The SMILES string of the molecule is COc1ccc(C(=O)N2CCC(NC(=O)c3ccccc3C)CC2)c(OC)c1OC. The van der Waals surface area contributed by atoms with E-state index in [4.69, 9.17) is 14.2 Å². The van der Waals surface area contributed by atoms with Gasteiger partial charge in [-0.3, -0.25) is 9.59 Å². The Morgan fingerprint density at radius 2 is 1.57 bits per heavy atom. The largest absolute Gasteiger partial charge is 0.493 e. The molecule has 1 heterocycles. The van der Waals surface area contributed by atoms with Crippen LogP contribution in [0.25, 0.3) is 0 Å². The number of carbonyl (C=O) groups is 2. The Bertz CT molecular complexity index is 920. The molecule has 0 radical (unpaired) electrons. The van der Waals surface area contributed by atoms with Crippen LogP contribution in [0.2, 0.25) is 0 Å². The van der Waals surface area contributed by atoms with E-state index in [1.165, 1.54) is 21.3 Å². The van der Waals surface area contributed by atoms with E-state index in [1.54, 1.807) is 17.0 Å². The minimum atomic E-state index is -0.128. The van der Waals surface area contributed by atoms with Crippen LogP contribution in [0.15, 0.2) is 36.4 Å². The average molecular weight is 412 g/mol. The average Bonchev–Trinajstić information content (AvgIpc) is 2.78. The van der Waals surface area contributed by atoms with Crippen molar-refractivity contribution >= 4 is 11.8 Å². The van der Waals surface area contributed by atoms with E-state index in [9.17, 15) is 9.59 Å². The number of nitrogens with zero attached hydrogens (tertiary/aromatic N) is 1. The number of methoxy groups -OCH3 is 3. The molecule has 3 rings (SSSR count). The number of hydrogen-bond acceptors (Lipinski definition) is 5. The van der Waals surface area contributed by atoms with Crippen molar-refractivity contribution in [3.63, 3.8) is 0 Å². The van der Waals surface area contributed by atoms with Crippen LogP contribution in [0.1, 0.15) is 39.1 Å². The molecule has 0 aliphatic carbocycles. The van der Waals surface area contributed by atoms with Crippen molar-refractivity contribution in [1.82, 2.24) is 10.2 Å². The van der Waals surface area contributed by atoms with Gasteiger partial charge >= 0.3 is 0 Å². The standard InChI is InChI=1S/C23H28N2O5/c1-15-7-5-6-8-17(15)22(26)24-16-11-13-25(14-12-16)23(27)18-9-10-19(28-2)21(30-4)20(18)29-3/h5-10,16H,11-14H2,1-4H3,(H,24,26). The maximum Gasteiger partial charge on any atom is 0.257 e. The molecule has 0 saturated carbocycles. The molecule has 30 heavy (non-hydrogen) atoms. The van der Waals surface area contributed by atoms with Gasteiger partial charge in [0.25, 0.3) is 11.8 Å². The highest BCUT2D eigenvalue weighted by atomic mass is 16.5. The molecule has 0 aromatic heterocycles. The minimum absolute atomic E-state index is 0.0356. The third-order valence-corrected chi connectivity index (χ3v) is 5.44. The lowest BCUT2D eigenvalue weighted by molar-refractivity contribution is 0.0694. The number of ether oxygens (including phenoxy) is 3. The number of nitrogens with one attached hydrogen (secondary N) is 1. The Morgan fingerprint density at radius 3 is 2.17 bits per heavy atom. The normalized spacial score (nSPS) is 14.2. The molecule has 7 nitrogen and oxygen atoms in total. The quantitative estimate of drug-likeness (QED) is 0.789. The lowest BCUT2D eigenvalue weighted by Crippen LogP contribution is -2.46. The Balaban J connectivity index is 1.66. The number of aryl methyl sites for hydroxylation is 1. The third kappa shape index (κ3) is 4.35. The molecule has 0 atom stereocenters. The summed E-state index contributed by atoms with van der Waals surface area (Å²) in [5.41, 5.74) is 2.06. The van der Waals surface area contributed by atoms with Crippen molar-refractivity contribution in [2.75, 3.05) is 34.4 Å². The molecule has 1 aliphatic rings. The summed E-state index contributed by atoms with van der Waals surface area (Å²) in [7, 11) is 4.55. The summed E-state index contributed by atoms with van der Waals surface area (Å²) < 4.78 is 16.1. The van der Waals surface area contributed by atoms with Crippen LogP contribution in [0.5, 0.6) is 17.2 Å². The van der Waals surface area contributed by atoms with Crippen LogP contribution >= 0.6 is 0 Å². The molecule has 1 saturated heterocycles. The highest BCUT2D eigenvalue weighted by Gasteiger charge is 2.28. The first-order chi connectivity index (χ1) is 14.5. The van der Waals surface area contributed by atoms with Gasteiger partial charge in [-0.1, -0.05) is 18.2 Å². The Labute approximate surface area is 176 Å². The van der Waals surface area contributed by atoms with Crippen molar-refractivity contribution < 1.29 is 23.8 Å². The summed E-state index contributed by atoms with van der Waals surface area (Å²) in [6.07, 6.45) is 1.39. The van der Waals surface area contributed by atoms with Crippen LogP contribution in [-0.4, -0.2) is 57.2 Å². The summed E-state index contributed by atoms with van der Waals surface area (Å²) in [5, 5.41) is 3.09. The van der Waals surface area contributed by atoms with E-state index in [-0.39, 0.29) is 17.9 Å². The van der Waals surface area contributed by atoms with Gasteiger partial charge in [-0.15, -0.1) is 0 Å². The van der Waals surface area contributed by atoms with Gasteiger partial charge in [0.2, 0.25) is 5.75 Å². The summed E-state index contributed by atoms with van der Waals surface area (Å²) in [4.78, 5) is 27.4. The fourth-order valence-electron chi connectivity index (χ4n) is 3.76. The second-order valence-corrected chi connectivity index (χ2v) is 7.24. The van der Waals surface area contributed by atoms with Gasteiger partial charge in [-0.05, 0) is 43.5 Å². The topological polar surface area (TPSA) is 77.1 Å². The molecule has 2 amide bonds. The summed E-state index contributed by atoms with van der Waals surface area (Å²) in [5.74, 6) is 1.06. The highest BCUT2D eigenvalue weighted by molar-refractivity contribution is 5.98. The first-order valence-electron chi connectivity index (χ1n) is 9.94. The Kier molecular flexibility index (Phi) is 6.82. The zero-order valence-electron chi connectivity index (χ0n) is 17.9. The fraction of sp³-hybridized carbons (Fsp3) is 0.391. The number of likely N-dealkylation sites (tertiary alicyclic amines) is 1. The Hall–Kier alpha value is -3.22. The van der Waals surface area contributed by atoms with Gasteiger partial charge in [-0.2, -0.15) is 0 Å². The van der Waals surface area contributed by atoms with Gasteiger partial charge in [0.1, 0.15) is 0 Å². The highest BCUT2D eigenvalue weighted by Crippen LogP contribution is 2.40. The molecule has 2 aromatic carbocycles. The van der Waals surface area contributed by atoms with Crippen molar-refractivity contribution in [2.45, 2.75) is 25.8 Å². The molecule has 2 aromatic rings. The van der Waals surface area contributed by atoms with Gasteiger partial charge in [-0.25, -0.2) is 0 Å². The lowest BCUT2D eigenvalue weighted by Gasteiger charge is -2.33. The molecule has 1 aliphatic heterocycles. The van der Waals surface area contributed by atoms with E-state index in [0.29, 0.717) is 54.3 Å². The maximum atomic E-state index is 13.1. The minimum Gasteiger partial charge on any atom is -0.493 e. The molecule has 1 N–H and O–H groups in total.